The first-order valence-electron chi connectivity index (χ1n) is 21.8. The molecule has 6 rings (SSSR count). The number of amides is 3. The van der Waals surface area contributed by atoms with Crippen LogP contribution in [0.1, 0.15) is 62.6 Å². The summed E-state index contributed by atoms with van der Waals surface area (Å²) >= 11 is 2.64. The van der Waals surface area contributed by atoms with Gasteiger partial charge >= 0.3 is 0 Å². The number of benzene rings is 2. The fourth-order valence-electron chi connectivity index (χ4n) is 6.98. The highest BCUT2D eigenvalue weighted by Gasteiger charge is 2.35. The van der Waals surface area contributed by atoms with Crippen molar-refractivity contribution in [3.05, 3.63) is 81.2 Å². The molecule has 0 saturated carbocycles. The summed E-state index contributed by atoms with van der Waals surface area (Å²) in [6.07, 6.45) is 2.63. The molecule has 3 aromatic heterocycles. The molecule has 65 heavy (non-hydrogen) atoms. The molecule has 1 aliphatic heterocycles. The average Bonchev–Trinajstić information content (AvgIpc) is 3.92. The molecular formula is C47H58N6O10S2. The third-order valence-electron chi connectivity index (χ3n) is 10.8. The quantitative estimate of drug-likeness (QED) is 0.0579. The summed E-state index contributed by atoms with van der Waals surface area (Å²) in [6, 6.07) is 13.6. The van der Waals surface area contributed by atoms with Gasteiger partial charge in [0.05, 0.1) is 75.0 Å². The molecule has 1 saturated heterocycles. The number of thiazole rings is 1. The van der Waals surface area contributed by atoms with E-state index in [1.807, 2.05) is 69.0 Å². The third-order valence-corrected chi connectivity index (χ3v) is 12.9. The molecule has 18 heteroatoms. The van der Waals surface area contributed by atoms with Gasteiger partial charge in [0.2, 0.25) is 11.8 Å². The molecule has 0 aliphatic carbocycles. The second-order valence-electron chi connectivity index (χ2n) is 16.2. The molecule has 3 amide bonds. The number of hydrogen-bond donors (Lipinski definition) is 3. The van der Waals surface area contributed by atoms with Gasteiger partial charge in [-0.05, 0) is 42.9 Å². The highest BCUT2D eigenvalue weighted by Crippen LogP contribution is 2.35. The summed E-state index contributed by atoms with van der Waals surface area (Å²) in [7, 11) is 0. The Morgan fingerprint density at radius 1 is 0.908 bits per heavy atom. The second kappa shape index (κ2) is 24.3. The number of piperidine rings is 1. The molecule has 0 spiro atoms. The van der Waals surface area contributed by atoms with Crippen LogP contribution >= 0.6 is 22.7 Å². The van der Waals surface area contributed by atoms with Gasteiger partial charge in [-0.25, -0.2) is 9.97 Å². The number of anilines is 1. The Morgan fingerprint density at radius 3 is 2.31 bits per heavy atom. The van der Waals surface area contributed by atoms with Crippen molar-refractivity contribution in [3.8, 4) is 17.6 Å². The van der Waals surface area contributed by atoms with Crippen molar-refractivity contribution in [2.45, 2.75) is 65.0 Å². The van der Waals surface area contributed by atoms with Crippen LogP contribution in [0, 0.1) is 24.7 Å². The van der Waals surface area contributed by atoms with Crippen LogP contribution in [-0.2, 0) is 39.9 Å². The number of rotatable bonds is 23. The number of fused-ring (bicyclic) bond motifs is 2. The number of hydrogen-bond acceptors (Lipinski definition) is 14. The number of likely N-dealkylation sites (tertiary alicyclic amines) is 1. The van der Waals surface area contributed by atoms with Gasteiger partial charge in [-0.1, -0.05) is 80.3 Å². The fourth-order valence-corrected chi connectivity index (χ4v) is 8.83. The first kappa shape index (κ1) is 49.2. The maximum atomic E-state index is 13.4. The van der Waals surface area contributed by atoms with Gasteiger partial charge in [-0.15, -0.1) is 11.3 Å². The minimum atomic E-state index is -1.12. The molecule has 1 aliphatic rings. The predicted molar refractivity (Wildman–Crippen MR) is 251 cm³/mol. The summed E-state index contributed by atoms with van der Waals surface area (Å²) in [6.45, 7) is 11.5. The van der Waals surface area contributed by atoms with E-state index in [9.17, 15) is 24.3 Å². The number of aliphatic hydroxyl groups is 1. The van der Waals surface area contributed by atoms with E-state index >= 15 is 0 Å². The lowest BCUT2D eigenvalue weighted by atomic mass is 9.90. The van der Waals surface area contributed by atoms with Gasteiger partial charge in [-0.2, -0.15) is 0 Å². The van der Waals surface area contributed by atoms with E-state index in [0.717, 1.165) is 15.8 Å². The minimum Gasteiger partial charge on any atom is -0.481 e. The summed E-state index contributed by atoms with van der Waals surface area (Å²) in [5, 5.41) is 19.3. The van der Waals surface area contributed by atoms with Crippen LogP contribution in [0.25, 0.3) is 20.4 Å². The van der Waals surface area contributed by atoms with Crippen molar-refractivity contribution < 1.29 is 43.2 Å². The summed E-state index contributed by atoms with van der Waals surface area (Å²) in [4.78, 5) is 61.7. The topological polar surface area (TPSA) is 193 Å². The third kappa shape index (κ3) is 14.4. The van der Waals surface area contributed by atoms with Crippen LogP contribution < -0.4 is 20.9 Å². The van der Waals surface area contributed by atoms with Gasteiger partial charge in [0.1, 0.15) is 28.1 Å². The number of nitrogens with one attached hydrogen (secondary N) is 2. The maximum absolute atomic E-state index is 13.4. The fraction of sp³-hybridized carbons (Fsp3) is 0.489. The molecule has 0 unspecified atom stereocenters. The van der Waals surface area contributed by atoms with Crippen LogP contribution in [0.15, 0.2) is 59.0 Å². The lowest BCUT2D eigenvalue weighted by molar-refractivity contribution is -0.136. The molecular weight excluding hydrogens is 873 g/mol. The number of thiophene rings is 1. The summed E-state index contributed by atoms with van der Waals surface area (Å²) in [5.41, 5.74) is 2.55. The number of aromatic nitrogens is 3. The number of carbonyl (C=O) groups excluding carboxylic acids is 3. The standard InChI is InChI=1S/C47H58N6O10S2/c1-32(2)44(56)51-46-50-41-37(13-12-33(3)42(41)65-46)63-28-38(54)48-16-20-60-22-24-62-26-25-61-23-21-59-19-8-11-36-29-64-43-40(36)49-31-53(45(43)57)30-47(58)14-17-52(18-15-47)39(55)27-34(4)35-9-6-5-7-10-35/h5-7,9-10,12-13,29,31-32,34,58H,14-28,30H2,1-4H3,(H,48,54)(H,50,51,56)/t34-/m1/s1. The molecule has 0 bridgehead atoms. The number of ether oxygens (including phenoxy) is 5. The predicted octanol–water partition coefficient (Wildman–Crippen LogP) is 5.13. The number of nitrogens with zero attached hydrogens (tertiary/aromatic N) is 4. The normalized spacial score (nSPS) is 14.0. The van der Waals surface area contributed by atoms with Gasteiger partial charge in [-0.3, -0.25) is 23.7 Å². The molecule has 5 aromatic rings. The Labute approximate surface area is 386 Å². The maximum Gasteiger partial charge on any atom is 0.271 e. The van der Waals surface area contributed by atoms with E-state index in [2.05, 4.69) is 32.4 Å². The van der Waals surface area contributed by atoms with Crippen molar-refractivity contribution >= 4 is 66.0 Å². The Hall–Kier alpha value is -5.26. The lowest BCUT2D eigenvalue weighted by Crippen LogP contribution is -2.49. The van der Waals surface area contributed by atoms with E-state index in [4.69, 9.17) is 23.7 Å². The second-order valence-corrected chi connectivity index (χ2v) is 18.1. The summed E-state index contributed by atoms with van der Waals surface area (Å²) in [5.74, 6) is 6.08. The van der Waals surface area contributed by atoms with Crippen molar-refractivity contribution in [1.29, 1.82) is 0 Å². The van der Waals surface area contributed by atoms with E-state index in [1.165, 1.54) is 33.6 Å². The van der Waals surface area contributed by atoms with E-state index < -0.39 is 5.60 Å². The van der Waals surface area contributed by atoms with Crippen LogP contribution in [0.3, 0.4) is 0 Å². The molecule has 16 nitrogen and oxygen atoms in total. The highest BCUT2D eigenvalue weighted by molar-refractivity contribution is 7.22. The Balaban J connectivity index is 0.778. The van der Waals surface area contributed by atoms with Crippen molar-refractivity contribution in [2.24, 2.45) is 5.92 Å². The molecule has 3 N–H and O–H groups in total. The number of aryl methyl sites for hydroxylation is 1. The van der Waals surface area contributed by atoms with Crippen molar-refractivity contribution in [2.75, 3.05) is 84.4 Å². The monoisotopic (exact) mass is 930 g/mol. The lowest BCUT2D eigenvalue weighted by Gasteiger charge is -2.38. The van der Waals surface area contributed by atoms with Crippen molar-refractivity contribution in [3.63, 3.8) is 0 Å². The van der Waals surface area contributed by atoms with E-state index in [1.54, 1.807) is 11.4 Å². The van der Waals surface area contributed by atoms with Gasteiger partial charge in [0, 0.05) is 37.4 Å². The van der Waals surface area contributed by atoms with Crippen LogP contribution in [-0.4, -0.2) is 127 Å². The zero-order chi connectivity index (χ0) is 46.2. The highest BCUT2D eigenvalue weighted by atomic mass is 32.1. The molecule has 4 heterocycles. The molecule has 1 atom stereocenters. The van der Waals surface area contributed by atoms with Crippen molar-refractivity contribution in [1.82, 2.24) is 24.8 Å². The molecule has 0 radical (unpaired) electrons. The first-order chi connectivity index (χ1) is 31.4. The number of carbonyl (C=O) groups is 3. The largest absolute Gasteiger partial charge is 0.481 e. The smallest absolute Gasteiger partial charge is 0.271 e. The van der Waals surface area contributed by atoms with Gasteiger partial charge in [0.25, 0.3) is 11.5 Å². The molecule has 2 aromatic carbocycles. The van der Waals surface area contributed by atoms with Crippen LogP contribution in [0.5, 0.6) is 5.75 Å². The van der Waals surface area contributed by atoms with Crippen LogP contribution in [0.2, 0.25) is 0 Å². The Kier molecular flexibility index (Phi) is 18.4. The summed E-state index contributed by atoms with van der Waals surface area (Å²) < 4.78 is 30.8. The Bertz CT molecular complexity index is 2490. The average molecular weight is 931 g/mol. The first-order valence-corrected chi connectivity index (χ1v) is 23.5. The van der Waals surface area contributed by atoms with Gasteiger partial charge in [0.15, 0.2) is 11.7 Å². The Morgan fingerprint density at radius 2 is 1.60 bits per heavy atom. The van der Waals surface area contributed by atoms with Crippen LogP contribution in [0.4, 0.5) is 5.13 Å². The molecule has 1 fully saturated rings. The zero-order valence-corrected chi connectivity index (χ0v) is 39.0. The zero-order valence-electron chi connectivity index (χ0n) is 37.4. The van der Waals surface area contributed by atoms with Gasteiger partial charge < -0.3 is 44.3 Å². The minimum absolute atomic E-state index is 0.0718. The van der Waals surface area contributed by atoms with E-state index in [0.29, 0.717) is 117 Å². The van der Waals surface area contributed by atoms with E-state index in [-0.39, 0.29) is 54.9 Å². The SMILES string of the molecule is Cc1ccc(OCC(=O)NCCOCCOCCOCCOCC#Cc2csc3c(=O)n(CC4(O)CCN(C(=O)C[C@@H](C)c5ccccc5)CC4)cnc23)c2nc(NC(=O)C(C)C)sc12. The molecule has 348 valence electrons.